The number of hydrogen-bond acceptors (Lipinski definition) is 5. The van der Waals surface area contributed by atoms with Crippen LogP contribution < -0.4 is 0 Å². The minimum absolute atomic E-state index is 0.0503. The number of fused-ring (bicyclic) bond motifs is 1. The third-order valence-corrected chi connectivity index (χ3v) is 6.96. The Kier molecular flexibility index (Phi) is 5.81. The minimum Gasteiger partial charge on any atom is -0.367 e. The lowest BCUT2D eigenvalue weighted by Gasteiger charge is -2.32. The van der Waals surface area contributed by atoms with Crippen molar-refractivity contribution >= 4 is 21.6 Å². The van der Waals surface area contributed by atoms with Crippen molar-refractivity contribution in [3.8, 4) is 0 Å². The van der Waals surface area contributed by atoms with E-state index in [0.29, 0.717) is 26.2 Å². The molecule has 0 saturated carbocycles. The molecule has 0 aromatic heterocycles. The van der Waals surface area contributed by atoms with E-state index in [4.69, 9.17) is 0 Å². The van der Waals surface area contributed by atoms with Crippen LogP contribution in [0, 0.1) is 0 Å². The number of rotatable bonds is 7. The van der Waals surface area contributed by atoms with E-state index in [1.165, 1.54) is 10.4 Å². The maximum absolute atomic E-state index is 13.3. The molecule has 0 unspecified atom stereocenters. The molecule has 0 atom stereocenters. The Morgan fingerprint density at radius 3 is 1.96 bits per heavy atom. The molecule has 1 aromatic carbocycles. The van der Waals surface area contributed by atoms with Gasteiger partial charge in [-0.05, 0) is 25.7 Å². The number of carbonyl (C=O) groups is 2. The second-order valence-electron chi connectivity index (χ2n) is 6.98. The number of allylic oxidation sites excluding steroid dienone is 2. The zero-order valence-corrected chi connectivity index (χ0v) is 16.7. The van der Waals surface area contributed by atoms with E-state index in [2.05, 4.69) is 0 Å². The van der Waals surface area contributed by atoms with Gasteiger partial charge in [0.15, 0.2) is 4.91 Å². The summed E-state index contributed by atoms with van der Waals surface area (Å²) in [6.07, 6.45) is 3.05. The van der Waals surface area contributed by atoms with E-state index < -0.39 is 15.8 Å². The zero-order chi connectivity index (χ0) is 19.6. The highest BCUT2D eigenvalue weighted by atomic mass is 32.2. The van der Waals surface area contributed by atoms with Crippen LogP contribution in [0.15, 0.2) is 34.9 Å². The number of Topliss-reactive ketones (excluding diaryl/α,β-unsaturated/α-hetero) is 2. The van der Waals surface area contributed by atoms with E-state index in [1.807, 2.05) is 13.8 Å². The van der Waals surface area contributed by atoms with E-state index in [0.717, 1.165) is 25.7 Å². The summed E-state index contributed by atoms with van der Waals surface area (Å²) in [7, 11) is -4.02. The SMILES string of the molecule is CCCN(CCC)C1=C(S(=O)(=O)N2CCCC2)C(=O)c2ccccc2C1=O. The van der Waals surface area contributed by atoms with Crippen molar-refractivity contribution in [1.29, 1.82) is 0 Å². The lowest BCUT2D eigenvalue weighted by molar-refractivity contribution is 0.0945. The first-order valence-corrected chi connectivity index (χ1v) is 11.0. The summed E-state index contributed by atoms with van der Waals surface area (Å²) in [6.45, 7) is 5.79. The van der Waals surface area contributed by atoms with Crippen LogP contribution in [0.4, 0.5) is 0 Å². The van der Waals surface area contributed by atoms with Crippen LogP contribution in [0.25, 0.3) is 0 Å². The number of hydrogen-bond donors (Lipinski definition) is 0. The third-order valence-electron chi connectivity index (χ3n) is 5.02. The predicted molar refractivity (Wildman–Crippen MR) is 104 cm³/mol. The van der Waals surface area contributed by atoms with E-state index in [-0.39, 0.29) is 27.5 Å². The Morgan fingerprint density at radius 2 is 1.44 bits per heavy atom. The summed E-state index contributed by atoms with van der Waals surface area (Å²) in [5, 5.41) is 0. The maximum atomic E-state index is 13.3. The lowest BCUT2D eigenvalue weighted by atomic mass is 9.91. The number of benzene rings is 1. The van der Waals surface area contributed by atoms with E-state index >= 15 is 0 Å². The summed E-state index contributed by atoms with van der Waals surface area (Å²) >= 11 is 0. The fourth-order valence-corrected chi connectivity index (χ4v) is 5.61. The average Bonchev–Trinajstić information content (AvgIpc) is 3.20. The molecule has 1 aliphatic carbocycles. The fourth-order valence-electron chi connectivity index (χ4n) is 3.80. The molecule has 6 nitrogen and oxygen atoms in total. The third kappa shape index (κ3) is 3.46. The molecular formula is C20H26N2O4S. The summed E-state index contributed by atoms with van der Waals surface area (Å²) < 4.78 is 28.0. The molecule has 0 N–H and O–H groups in total. The highest BCUT2D eigenvalue weighted by molar-refractivity contribution is 7.94. The van der Waals surface area contributed by atoms with Gasteiger partial charge in [0, 0.05) is 37.3 Å². The second-order valence-corrected chi connectivity index (χ2v) is 8.85. The molecule has 3 rings (SSSR count). The van der Waals surface area contributed by atoms with Crippen LogP contribution in [-0.2, 0) is 10.0 Å². The molecule has 1 fully saturated rings. The van der Waals surface area contributed by atoms with Crippen LogP contribution in [-0.4, -0.2) is 55.4 Å². The molecule has 1 heterocycles. The standard InChI is InChI=1S/C20H26N2O4S/c1-3-11-21(12-4-2)17-18(23)15-9-5-6-10-16(15)19(24)20(17)27(25,26)22-13-7-8-14-22/h5-6,9-10H,3-4,7-8,11-14H2,1-2H3. The van der Waals surface area contributed by atoms with Gasteiger partial charge in [0.1, 0.15) is 5.70 Å². The van der Waals surface area contributed by atoms with Crippen molar-refractivity contribution in [3.05, 3.63) is 46.0 Å². The Balaban J connectivity index is 2.24. The van der Waals surface area contributed by atoms with Gasteiger partial charge in [-0.15, -0.1) is 0 Å². The fraction of sp³-hybridized carbons (Fsp3) is 0.500. The number of carbonyl (C=O) groups excluding carboxylic acids is 2. The summed E-state index contributed by atoms with van der Waals surface area (Å²) in [5.74, 6) is -0.936. The quantitative estimate of drug-likeness (QED) is 0.716. The Labute approximate surface area is 160 Å². The highest BCUT2D eigenvalue weighted by Crippen LogP contribution is 2.34. The van der Waals surface area contributed by atoms with Gasteiger partial charge in [-0.2, -0.15) is 4.31 Å². The van der Waals surface area contributed by atoms with Gasteiger partial charge in [-0.1, -0.05) is 38.1 Å². The zero-order valence-electron chi connectivity index (χ0n) is 15.9. The van der Waals surface area contributed by atoms with Gasteiger partial charge in [-0.3, -0.25) is 9.59 Å². The molecule has 27 heavy (non-hydrogen) atoms. The normalized spacial score (nSPS) is 18.1. The van der Waals surface area contributed by atoms with Gasteiger partial charge in [0.2, 0.25) is 21.6 Å². The predicted octanol–water partition coefficient (Wildman–Crippen LogP) is 2.82. The highest BCUT2D eigenvalue weighted by Gasteiger charge is 2.43. The Morgan fingerprint density at radius 1 is 0.926 bits per heavy atom. The van der Waals surface area contributed by atoms with Gasteiger partial charge in [0.05, 0.1) is 0 Å². The van der Waals surface area contributed by atoms with Crippen molar-refractivity contribution in [2.75, 3.05) is 26.2 Å². The average molecular weight is 391 g/mol. The molecule has 1 saturated heterocycles. The van der Waals surface area contributed by atoms with Crippen LogP contribution in [0.5, 0.6) is 0 Å². The van der Waals surface area contributed by atoms with Gasteiger partial charge in [-0.25, -0.2) is 8.42 Å². The van der Waals surface area contributed by atoms with Crippen LogP contribution in [0.1, 0.15) is 60.2 Å². The monoisotopic (exact) mass is 390 g/mol. The van der Waals surface area contributed by atoms with Crippen LogP contribution in [0.2, 0.25) is 0 Å². The summed E-state index contributed by atoms with van der Waals surface area (Å²) in [6, 6.07) is 6.50. The molecule has 1 aliphatic heterocycles. The Hall–Kier alpha value is -1.99. The number of nitrogens with zero attached hydrogens (tertiary/aromatic N) is 2. The first kappa shape index (κ1) is 19.8. The van der Waals surface area contributed by atoms with Gasteiger partial charge in [0.25, 0.3) is 0 Å². The van der Waals surface area contributed by atoms with Crippen molar-refractivity contribution in [3.63, 3.8) is 0 Å². The molecule has 0 spiro atoms. The maximum Gasteiger partial charge on any atom is 0.249 e. The summed E-state index contributed by atoms with van der Waals surface area (Å²) in [5.41, 5.74) is 0.515. The minimum atomic E-state index is -4.02. The van der Waals surface area contributed by atoms with E-state index in [1.54, 1.807) is 23.1 Å². The van der Waals surface area contributed by atoms with Crippen molar-refractivity contribution in [2.24, 2.45) is 0 Å². The smallest absolute Gasteiger partial charge is 0.249 e. The number of ketones is 2. The molecule has 146 valence electrons. The topological polar surface area (TPSA) is 74.8 Å². The first-order chi connectivity index (χ1) is 12.9. The van der Waals surface area contributed by atoms with Crippen LogP contribution >= 0.6 is 0 Å². The van der Waals surface area contributed by atoms with E-state index in [9.17, 15) is 18.0 Å². The van der Waals surface area contributed by atoms with Gasteiger partial charge < -0.3 is 4.90 Å². The second kappa shape index (κ2) is 7.94. The molecule has 7 heteroatoms. The molecule has 2 aliphatic rings. The molecular weight excluding hydrogens is 364 g/mol. The Bertz CT molecular complexity index is 877. The molecule has 0 radical (unpaired) electrons. The van der Waals surface area contributed by atoms with Crippen LogP contribution in [0.3, 0.4) is 0 Å². The first-order valence-electron chi connectivity index (χ1n) is 9.61. The molecule has 1 aromatic rings. The molecule has 0 bridgehead atoms. The summed E-state index contributed by atoms with van der Waals surface area (Å²) in [4.78, 5) is 28.0. The van der Waals surface area contributed by atoms with Crippen molar-refractivity contribution < 1.29 is 18.0 Å². The van der Waals surface area contributed by atoms with Crippen molar-refractivity contribution in [2.45, 2.75) is 39.5 Å². The van der Waals surface area contributed by atoms with Gasteiger partial charge >= 0.3 is 0 Å². The largest absolute Gasteiger partial charge is 0.367 e. The van der Waals surface area contributed by atoms with Crippen molar-refractivity contribution in [1.82, 2.24) is 9.21 Å². The number of sulfonamides is 1. The lowest BCUT2D eigenvalue weighted by Crippen LogP contribution is -2.41. The molecule has 0 amide bonds.